The highest BCUT2D eigenvalue weighted by molar-refractivity contribution is 5.96. The summed E-state index contributed by atoms with van der Waals surface area (Å²) in [6.45, 7) is 1.75. The molecule has 0 heterocycles. The van der Waals surface area contributed by atoms with Gasteiger partial charge < -0.3 is 15.6 Å². The third kappa shape index (κ3) is 1.41. The van der Waals surface area contributed by atoms with E-state index in [1.54, 1.807) is 19.1 Å². The zero-order valence-corrected chi connectivity index (χ0v) is 8.99. The van der Waals surface area contributed by atoms with E-state index in [1.165, 1.54) is 6.21 Å². The molecule has 0 aliphatic carbocycles. The molecule has 0 unspecified atom stereocenters. The number of hydrogen-bond acceptors (Lipinski definition) is 3. The van der Waals surface area contributed by atoms with Crippen molar-refractivity contribution in [1.82, 2.24) is 0 Å². The maximum Gasteiger partial charge on any atom is 0.127 e. The summed E-state index contributed by atoms with van der Waals surface area (Å²) in [5.74, 6) is 0.347. The second kappa shape index (κ2) is 3.85. The number of fused-ring (bicyclic) bond motifs is 1. The van der Waals surface area contributed by atoms with E-state index in [-0.39, 0.29) is 11.5 Å². The molecular formula is C13H13NO2. The first-order chi connectivity index (χ1) is 7.66. The van der Waals surface area contributed by atoms with Crippen molar-refractivity contribution in [2.24, 2.45) is 0 Å². The molecule has 0 saturated carbocycles. The van der Waals surface area contributed by atoms with Gasteiger partial charge in [-0.2, -0.15) is 0 Å². The molecule has 0 saturated heterocycles. The first-order valence-electron chi connectivity index (χ1n) is 5.08. The van der Waals surface area contributed by atoms with Crippen molar-refractivity contribution in [3.05, 3.63) is 35.4 Å². The Morgan fingerprint density at radius 1 is 1.12 bits per heavy atom. The number of benzene rings is 2. The first-order valence-corrected chi connectivity index (χ1v) is 5.08. The molecule has 2 aromatic carbocycles. The van der Waals surface area contributed by atoms with Gasteiger partial charge in [-0.15, -0.1) is 0 Å². The fourth-order valence-corrected chi connectivity index (χ4v) is 1.93. The van der Waals surface area contributed by atoms with E-state index in [1.807, 2.05) is 12.1 Å². The smallest absolute Gasteiger partial charge is 0.127 e. The molecule has 3 nitrogen and oxygen atoms in total. The maximum absolute atomic E-state index is 10.1. The van der Waals surface area contributed by atoms with Crippen LogP contribution in [0.5, 0.6) is 11.5 Å². The summed E-state index contributed by atoms with van der Waals surface area (Å²) >= 11 is 0. The van der Waals surface area contributed by atoms with Crippen LogP contribution in [0.1, 0.15) is 11.1 Å². The number of rotatable bonds is 2. The molecule has 3 N–H and O–H groups in total. The van der Waals surface area contributed by atoms with Crippen LogP contribution in [0.3, 0.4) is 0 Å². The van der Waals surface area contributed by atoms with Crippen LogP contribution in [0.4, 0.5) is 0 Å². The molecule has 0 amide bonds. The molecular weight excluding hydrogens is 202 g/mol. The van der Waals surface area contributed by atoms with Crippen LogP contribution in [-0.2, 0) is 6.42 Å². The fraction of sp³-hybridized carbons (Fsp3) is 0.154. The fourth-order valence-electron chi connectivity index (χ4n) is 1.93. The van der Waals surface area contributed by atoms with Crippen LogP contribution in [0.15, 0.2) is 24.3 Å². The zero-order chi connectivity index (χ0) is 11.7. The van der Waals surface area contributed by atoms with Crippen LogP contribution in [0.25, 0.3) is 10.8 Å². The number of aromatic hydroxyl groups is 2. The monoisotopic (exact) mass is 215 g/mol. The first kappa shape index (κ1) is 10.5. The Kier molecular flexibility index (Phi) is 2.52. The van der Waals surface area contributed by atoms with Crippen molar-refractivity contribution in [3.63, 3.8) is 0 Å². The summed E-state index contributed by atoms with van der Waals surface area (Å²) in [5, 5.41) is 28.4. The average molecular weight is 215 g/mol. The van der Waals surface area contributed by atoms with Crippen molar-refractivity contribution in [2.45, 2.75) is 13.3 Å². The van der Waals surface area contributed by atoms with Gasteiger partial charge in [0.25, 0.3) is 0 Å². The van der Waals surface area contributed by atoms with E-state index in [4.69, 9.17) is 5.41 Å². The zero-order valence-electron chi connectivity index (χ0n) is 8.99. The lowest BCUT2D eigenvalue weighted by atomic mass is 9.97. The quantitative estimate of drug-likeness (QED) is 0.532. The molecule has 0 fully saturated rings. The predicted octanol–water partition coefficient (Wildman–Crippen LogP) is 2.75. The van der Waals surface area contributed by atoms with Crippen LogP contribution < -0.4 is 0 Å². The van der Waals surface area contributed by atoms with Crippen molar-refractivity contribution < 1.29 is 10.2 Å². The second-order valence-corrected chi connectivity index (χ2v) is 3.75. The van der Waals surface area contributed by atoms with E-state index in [0.29, 0.717) is 28.3 Å². The van der Waals surface area contributed by atoms with Gasteiger partial charge in [0.05, 0.1) is 0 Å². The van der Waals surface area contributed by atoms with Crippen LogP contribution in [0, 0.1) is 12.3 Å². The molecule has 2 aromatic rings. The molecule has 3 heteroatoms. The SMILES string of the molecule is Cc1c(CC=N)c(O)c2ccccc2c1O. The summed E-state index contributed by atoms with van der Waals surface area (Å²) in [5.41, 5.74) is 1.26. The average Bonchev–Trinajstić information content (AvgIpc) is 2.32. The van der Waals surface area contributed by atoms with Crippen molar-refractivity contribution in [3.8, 4) is 11.5 Å². The molecule has 2 rings (SSSR count). The third-order valence-electron chi connectivity index (χ3n) is 2.84. The Labute approximate surface area is 93.5 Å². The minimum atomic E-state index is 0.161. The van der Waals surface area contributed by atoms with Gasteiger partial charge in [-0.1, -0.05) is 24.3 Å². The van der Waals surface area contributed by atoms with Gasteiger partial charge in [-0.3, -0.25) is 0 Å². The normalized spacial score (nSPS) is 10.6. The Bertz CT molecular complexity index is 561. The van der Waals surface area contributed by atoms with Gasteiger partial charge in [-0.25, -0.2) is 0 Å². The van der Waals surface area contributed by atoms with E-state index in [2.05, 4.69) is 0 Å². The largest absolute Gasteiger partial charge is 0.507 e. The van der Waals surface area contributed by atoms with Gasteiger partial charge in [0.15, 0.2) is 0 Å². The van der Waals surface area contributed by atoms with Gasteiger partial charge in [0.1, 0.15) is 11.5 Å². The Hall–Kier alpha value is -2.03. The standard InChI is InChI=1S/C13H13NO2/c1-8-9(6-7-14)13(16)11-5-3-2-4-10(11)12(8)15/h2-5,7,14-16H,6H2,1H3. The predicted molar refractivity (Wildman–Crippen MR) is 64.5 cm³/mol. The highest BCUT2D eigenvalue weighted by Gasteiger charge is 2.14. The lowest BCUT2D eigenvalue weighted by Crippen LogP contribution is -1.93. The summed E-state index contributed by atoms with van der Waals surface area (Å²) in [7, 11) is 0. The van der Waals surface area contributed by atoms with Gasteiger partial charge >= 0.3 is 0 Å². The molecule has 0 bridgehead atoms. The summed E-state index contributed by atoms with van der Waals surface area (Å²) in [6.07, 6.45) is 1.55. The van der Waals surface area contributed by atoms with Crippen LogP contribution >= 0.6 is 0 Å². The number of phenolic OH excluding ortho intramolecular Hbond substituents is 2. The molecule has 0 aliphatic rings. The van der Waals surface area contributed by atoms with Gasteiger partial charge in [0, 0.05) is 22.8 Å². The lowest BCUT2D eigenvalue weighted by molar-refractivity contribution is 0.462. The molecule has 0 spiro atoms. The summed E-state index contributed by atoms with van der Waals surface area (Å²) in [4.78, 5) is 0. The number of hydrogen-bond donors (Lipinski definition) is 3. The van der Waals surface area contributed by atoms with Crippen molar-refractivity contribution in [1.29, 1.82) is 5.41 Å². The highest BCUT2D eigenvalue weighted by Crippen LogP contribution is 2.38. The van der Waals surface area contributed by atoms with Gasteiger partial charge in [0.2, 0.25) is 0 Å². The highest BCUT2D eigenvalue weighted by atomic mass is 16.3. The number of phenols is 2. The van der Waals surface area contributed by atoms with Crippen LogP contribution in [0.2, 0.25) is 0 Å². The Morgan fingerprint density at radius 3 is 2.25 bits per heavy atom. The third-order valence-corrected chi connectivity index (χ3v) is 2.84. The molecule has 0 aromatic heterocycles. The number of nitrogens with one attached hydrogen (secondary N) is 1. The summed E-state index contributed by atoms with van der Waals surface area (Å²) in [6, 6.07) is 7.16. The molecule has 16 heavy (non-hydrogen) atoms. The topological polar surface area (TPSA) is 64.3 Å². The maximum atomic E-state index is 10.1. The minimum absolute atomic E-state index is 0.161. The lowest BCUT2D eigenvalue weighted by Gasteiger charge is -2.12. The molecule has 82 valence electrons. The van der Waals surface area contributed by atoms with Crippen molar-refractivity contribution >= 4 is 17.0 Å². The van der Waals surface area contributed by atoms with Crippen molar-refractivity contribution in [2.75, 3.05) is 0 Å². The van der Waals surface area contributed by atoms with E-state index < -0.39 is 0 Å². The minimum Gasteiger partial charge on any atom is -0.507 e. The second-order valence-electron chi connectivity index (χ2n) is 3.75. The Morgan fingerprint density at radius 2 is 1.69 bits per heavy atom. The van der Waals surface area contributed by atoms with E-state index in [9.17, 15) is 10.2 Å². The summed E-state index contributed by atoms with van der Waals surface area (Å²) < 4.78 is 0. The Balaban J connectivity index is 2.88. The van der Waals surface area contributed by atoms with E-state index in [0.717, 1.165) is 0 Å². The molecule has 0 atom stereocenters. The molecule has 0 aliphatic heterocycles. The van der Waals surface area contributed by atoms with Gasteiger partial charge in [-0.05, 0) is 18.7 Å². The van der Waals surface area contributed by atoms with E-state index >= 15 is 0 Å². The van der Waals surface area contributed by atoms with Crippen LogP contribution in [-0.4, -0.2) is 16.4 Å². The molecule has 0 radical (unpaired) electrons.